The third kappa shape index (κ3) is 3.76. The van der Waals surface area contributed by atoms with Gasteiger partial charge in [-0.05, 0) is 43.7 Å². The average molecular weight is 347 g/mol. The molecule has 0 saturated carbocycles. The highest BCUT2D eigenvalue weighted by Crippen LogP contribution is 2.32. The molecular formula is C18H25N3O4. The molecule has 3 heterocycles. The molecule has 0 aliphatic carbocycles. The highest BCUT2D eigenvalue weighted by Gasteiger charge is 2.37. The van der Waals surface area contributed by atoms with E-state index in [9.17, 15) is 9.59 Å². The topological polar surface area (TPSA) is 83.0 Å². The SMILES string of the molecule is CN(C)c1ncccc1C(=O)N1CCC([C@@H]2CC[C@H](C(=O)O)O2)CC1. The van der Waals surface area contributed by atoms with Gasteiger partial charge in [-0.2, -0.15) is 0 Å². The fourth-order valence-electron chi connectivity index (χ4n) is 3.76. The van der Waals surface area contributed by atoms with Gasteiger partial charge in [-0.3, -0.25) is 4.79 Å². The lowest BCUT2D eigenvalue weighted by Gasteiger charge is -2.35. The highest BCUT2D eigenvalue weighted by molar-refractivity contribution is 5.98. The molecule has 0 spiro atoms. The summed E-state index contributed by atoms with van der Waals surface area (Å²) >= 11 is 0. The number of pyridine rings is 1. The van der Waals surface area contributed by atoms with E-state index in [1.165, 1.54) is 0 Å². The van der Waals surface area contributed by atoms with Crippen molar-refractivity contribution in [1.82, 2.24) is 9.88 Å². The molecule has 2 atom stereocenters. The van der Waals surface area contributed by atoms with E-state index >= 15 is 0 Å². The van der Waals surface area contributed by atoms with E-state index in [1.54, 1.807) is 12.3 Å². The van der Waals surface area contributed by atoms with Gasteiger partial charge in [0.25, 0.3) is 5.91 Å². The third-order valence-electron chi connectivity index (χ3n) is 5.12. The van der Waals surface area contributed by atoms with Gasteiger partial charge in [-0.25, -0.2) is 9.78 Å². The number of carboxylic acids is 1. The maximum atomic E-state index is 12.8. The van der Waals surface area contributed by atoms with Crippen molar-refractivity contribution in [2.45, 2.75) is 37.9 Å². The number of carbonyl (C=O) groups is 2. The van der Waals surface area contributed by atoms with Gasteiger partial charge in [0, 0.05) is 33.4 Å². The average Bonchev–Trinajstić information content (AvgIpc) is 3.11. The number of nitrogens with zero attached hydrogens (tertiary/aromatic N) is 3. The first-order valence-corrected chi connectivity index (χ1v) is 8.77. The lowest BCUT2D eigenvalue weighted by atomic mass is 9.89. The predicted molar refractivity (Wildman–Crippen MR) is 92.7 cm³/mol. The number of carboxylic acid groups (broad SMARTS) is 1. The molecule has 2 aliphatic rings. The van der Waals surface area contributed by atoms with Crippen LogP contribution in [0.2, 0.25) is 0 Å². The van der Waals surface area contributed by atoms with Crippen molar-refractivity contribution >= 4 is 17.7 Å². The van der Waals surface area contributed by atoms with Gasteiger partial charge in [-0.15, -0.1) is 0 Å². The van der Waals surface area contributed by atoms with Crippen molar-refractivity contribution in [3.63, 3.8) is 0 Å². The van der Waals surface area contributed by atoms with Gasteiger partial charge in [0.15, 0.2) is 6.10 Å². The van der Waals surface area contributed by atoms with Crippen LogP contribution >= 0.6 is 0 Å². The molecule has 1 N–H and O–H groups in total. The van der Waals surface area contributed by atoms with Crippen LogP contribution in [0, 0.1) is 5.92 Å². The first-order chi connectivity index (χ1) is 12.0. The minimum atomic E-state index is -0.872. The van der Waals surface area contributed by atoms with Gasteiger partial charge >= 0.3 is 5.97 Å². The Morgan fingerprint density at radius 2 is 1.96 bits per heavy atom. The second kappa shape index (κ2) is 7.39. The Hall–Kier alpha value is -2.15. The minimum absolute atomic E-state index is 0.00556. The summed E-state index contributed by atoms with van der Waals surface area (Å²) in [5.41, 5.74) is 0.619. The summed E-state index contributed by atoms with van der Waals surface area (Å²) in [7, 11) is 3.75. The molecular weight excluding hydrogens is 322 g/mol. The molecule has 2 aliphatic heterocycles. The molecule has 1 amide bonds. The molecule has 2 saturated heterocycles. The molecule has 0 bridgehead atoms. The van der Waals surface area contributed by atoms with E-state index < -0.39 is 12.1 Å². The lowest BCUT2D eigenvalue weighted by molar-refractivity contribution is -0.150. The number of anilines is 1. The molecule has 2 fully saturated rings. The first kappa shape index (κ1) is 17.7. The number of likely N-dealkylation sites (tertiary alicyclic amines) is 1. The number of ether oxygens (including phenoxy) is 1. The summed E-state index contributed by atoms with van der Waals surface area (Å²) in [5, 5.41) is 9.05. The Kier molecular flexibility index (Phi) is 5.22. The summed E-state index contributed by atoms with van der Waals surface area (Å²) in [6, 6.07) is 3.60. The van der Waals surface area contributed by atoms with Crippen LogP contribution < -0.4 is 4.90 Å². The zero-order valence-electron chi connectivity index (χ0n) is 14.7. The Morgan fingerprint density at radius 1 is 1.24 bits per heavy atom. The zero-order valence-corrected chi connectivity index (χ0v) is 14.7. The summed E-state index contributed by atoms with van der Waals surface area (Å²) in [6.45, 7) is 1.34. The standard InChI is InChI=1S/C18H25N3O4/c1-20(2)16-13(4-3-9-19-16)17(22)21-10-7-12(8-11-21)14-5-6-15(25-14)18(23)24/h3-4,9,12,14-15H,5-8,10-11H2,1-2H3,(H,23,24)/t14-,15+/m0/s1. The second-order valence-corrected chi connectivity index (χ2v) is 6.98. The van der Waals surface area contributed by atoms with E-state index in [0.717, 1.165) is 19.3 Å². The van der Waals surface area contributed by atoms with Gasteiger partial charge < -0.3 is 19.6 Å². The minimum Gasteiger partial charge on any atom is -0.479 e. The summed E-state index contributed by atoms with van der Waals surface area (Å²) in [5.74, 6) is 0.141. The van der Waals surface area contributed by atoms with Gasteiger partial charge in [0.1, 0.15) is 5.82 Å². The van der Waals surface area contributed by atoms with Crippen LogP contribution in [0.1, 0.15) is 36.0 Å². The quantitative estimate of drug-likeness (QED) is 0.891. The van der Waals surface area contributed by atoms with Crippen LogP contribution in [0.4, 0.5) is 5.82 Å². The predicted octanol–water partition coefficient (Wildman–Crippen LogP) is 1.63. The number of aliphatic carboxylic acids is 1. The number of aromatic nitrogens is 1. The molecule has 136 valence electrons. The largest absolute Gasteiger partial charge is 0.479 e. The number of piperidine rings is 1. The Labute approximate surface area is 147 Å². The normalized spacial score (nSPS) is 24.3. The number of rotatable bonds is 4. The molecule has 0 unspecified atom stereocenters. The maximum Gasteiger partial charge on any atom is 0.332 e. The van der Waals surface area contributed by atoms with Crippen LogP contribution in [0.25, 0.3) is 0 Å². The number of amides is 1. The zero-order chi connectivity index (χ0) is 18.0. The van der Waals surface area contributed by atoms with Gasteiger partial charge in [0.2, 0.25) is 0 Å². The molecule has 7 heteroatoms. The van der Waals surface area contributed by atoms with Gasteiger partial charge in [0.05, 0.1) is 11.7 Å². The van der Waals surface area contributed by atoms with Crippen LogP contribution in [0.5, 0.6) is 0 Å². The Bertz CT molecular complexity index is 641. The summed E-state index contributed by atoms with van der Waals surface area (Å²) in [4.78, 5) is 31.9. The molecule has 1 aromatic heterocycles. The monoisotopic (exact) mass is 347 g/mol. The van der Waals surface area contributed by atoms with Crippen LogP contribution in [-0.2, 0) is 9.53 Å². The number of carbonyl (C=O) groups excluding carboxylic acids is 1. The fraction of sp³-hybridized carbons (Fsp3) is 0.611. The van der Waals surface area contributed by atoms with Crippen molar-refractivity contribution in [3.05, 3.63) is 23.9 Å². The number of hydrogen-bond acceptors (Lipinski definition) is 5. The Morgan fingerprint density at radius 3 is 2.56 bits per heavy atom. The smallest absolute Gasteiger partial charge is 0.332 e. The lowest BCUT2D eigenvalue weighted by Crippen LogP contribution is -2.41. The molecule has 25 heavy (non-hydrogen) atoms. The maximum absolute atomic E-state index is 12.8. The van der Waals surface area contributed by atoms with E-state index in [1.807, 2.05) is 30.0 Å². The van der Waals surface area contributed by atoms with Gasteiger partial charge in [-0.1, -0.05) is 0 Å². The third-order valence-corrected chi connectivity index (χ3v) is 5.12. The van der Waals surface area contributed by atoms with Crippen LogP contribution in [-0.4, -0.2) is 66.3 Å². The molecule has 0 aromatic carbocycles. The van der Waals surface area contributed by atoms with Crippen LogP contribution in [0.3, 0.4) is 0 Å². The van der Waals surface area contributed by atoms with Crippen molar-refractivity contribution in [2.24, 2.45) is 5.92 Å². The second-order valence-electron chi connectivity index (χ2n) is 6.98. The molecule has 7 nitrogen and oxygen atoms in total. The molecule has 1 aromatic rings. The van der Waals surface area contributed by atoms with E-state index in [0.29, 0.717) is 36.8 Å². The molecule has 0 radical (unpaired) electrons. The van der Waals surface area contributed by atoms with Crippen molar-refractivity contribution in [2.75, 3.05) is 32.1 Å². The Balaban J connectivity index is 1.59. The van der Waals surface area contributed by atoms with E-state index in [4.69, 9.17) is 9.84 Å². The van der Waals surface area contributed by atoms with Crippen LogP contribution in [0.15, 0.2) is 18.3 Å². The van der Waals surface area contributed by atoms with Crippen molar-refractivity contribution in [3.8, 4) is 0 Å². The first-order valence-electron chi connectivity index (χ1n) is 8.77. The van der Waals surface area contributed by atoms with E-state index in [-0.39, 0.29) is 12.0 Å². The summed E-state index contributed by atoms with van der Waals surface area (Å²) < 4.78 is 5.67. The van der Waals surface area contributed by atoms with E-state index in [2.05, 4.69) is 4.98 Å². The highest BCUT2D eigenvalue weighted by atomic mass is 16.5. The summed E-state index contributed by atoms with van der Waals surface area (Å²) in [6.07, 6.45) is 4.11. The number of hydrogen-bond donors (Lipinski definition) is 1. The fourth-order valence-corrected chi connectivity index (χ4v) is 3.76. The van der Waals surface area contributed by atoms with Crippen molar-refractivity contribution in [1.29, 1.82) is 0 Å². The van der Waals surface area contributed by atoms with Crippen molar-refractivity contribution < 1.29 is 19.4 Å². The molecule has 3 rings (SSSR count).